The van der Waals surface area contributed by atoms with Crippen molar-refractivity contribution in [2.24, 2.45) is 0 Å². The average Bonchev–Trinajstić information content (AvgIpc) is 2.35. The van der Waals surface area contributed by atoms with Gasteiger partial charge < -0.3 is 10.1 Å². The molecule has 0 aliphatic carbocycles. The van der Waals surface area contributed by atoms with Crippen LogP contribution in [-0.4, -0.2) is 57.4 Å². The molecule has 0 radical (unpaired) electrons. The van der Waals surface area contributed by atoms with Gasteiger partial charge in [0.15, 0.2) is 5.75 Å². The molecule has 0 aliphatic heterocycles. The van der Waals surface area contributed by atoms with Gasteiger partial charge in [-0.2, -0.15) is 0 Å². The average molecular weight is 336 g/mol. The molecular weight excluding hydrogens is 324 g/mol. The number of rotatable bonds is 3. The zero-order chi connectivity index (χ0) is 13.8. The van der Waals surface area contributed by atoms with Crippen LogP contribution in [0, 0.1) is 0 Å². The topological polar surface area (TPSA) is 38.3 Å². The fraction of sp³-hybridized carbons (Fsp3) is 0.0714. The minimum atomic E-state index is -0.389. The van der Waals surface area contributed by atoms with E-state index < -0.39 is 0 Å². The van der Waals surface area contributed by atoms with E-state index in [0.29, 0.717) is 27.2 Å². The van der Waals surface area contributed by atoms with Crippen molar-refractivity contribution in [3.05, 3.63) is 52.5 Å². The molecule has 1 N–H and O–H groups in total. The summed E-state index contributed by atoms with van der Waals surface area (Å²) < 4.78 is 5.11. The molecular formula is C14H12Cl2KNO2. The van der Waals surface area contributed by atoms with E-state index in [0.717, 1.165) is 0 Å². The van der Waals surface area contributed by atoms with Gasteiger partial charge >= 0.3 is 57.4 Å². The Kier molecular flexibility index (Phi) is 7.54. The van der Waals surface area contributed by atoms with Crippen molar-refractivity contribution in [3.8, 4) is 5.75 Å². The van der Waals surface area contributed by atoms with Crippen LogP contribution in [0.1, 0.15) is 6.92 Å². The molecule has 6 heteroatoms. The predicted octanol–water partition coefficient (Wildman–Crippen LogP) is 4.01. The van der Waals surface area contributed by atoms with Crippen LogP contribution in [0.15, 0.2) is 42.5 Å². The third-order valence-corrected chi connectivity index (χ3v) is 2.99. The Morgan fingerprint density at radius 2 is 1.65 bits per heavy atom. The van der Waals surface area contributed by atoms with E-state index in [1.807, 2.05) is 6.07 Å². The van der Waals surface area contributed by atoms with Crippen LogP contribution in [0.4, 0.5) is 11.4 Å². The zero-order valence-corrected chi connectivity index (χ0v) is 11.6. The number of para-hydroxylation sites is 3. The number of esters is 1. The number of hydrogen-bond donors (Lipinski definition) is 1. The summed E-state index contributed by atoms with van der Waals surface area (Å²) in [6, 6.07) is 12.3. The molecule has 0 spiro atoms. The summed E-state index contributed by atoms with van der Waals surface area (Å²) in [4.78, 5) is 11.0. The Morgan fingerprint density at radius 3 is 2.25 bits per heavy atom. The monoisotopic (exact) mass is 335 g/mol. The molecule has 100 valence electrons. The summed E-state index contributed by atoms with van der Waals surface area (Å²) >= 11 is 12.2. The molecule has 0 saturated carbocycles. The first-order valence-electron chi connectivity index (χ1n) is 5.56. The van der Waals surface area contributed by atoms with Crippen molar-refractivity contribution >= 4 is 91.9 Å². The molecule has 2 rings (SSSR count). The molecule has 0 atom stereocenters. The molecule has 0 saturated heterocycles. The molecule has 0 amide bonds. The summed E-state index contributed by atoms with van der Waals surface area (Å²) in [6.45, 7) is 1.35. The van der Waals surface area contributed by atoms with Gasteiger partial charge in [0, 0.05) is 6.92 Å². The number of anilines is 2. The van der Waals surface area contributed by atoms with Crippen molar-refractivity contribution in [2.75, 3.05) is 5.32 Å². The third kappa shape index (κ3) is 4.74. The number of hydrogen-bond acceptors (Lipinski definition) is 3. The van der Waals surface area contributed by atoms with Gasteiger partial charge in [0.05, 0.1) is 21.4 Å². The zero-order valence-electron chi connectivity index (χ0n) is 10.1. The van der Waals surface area contributed by atoms with Gasteiger partial charge in [-0.1, -0.05) is 41.4 Å². The van der Waals surface area contributed by atoms with Gasteiger partial charge in [-0.3, -0.25) is 4.79 Å². The first-order chi connectivity index (χ1) is 9.08. The van der Waals surface area contributed by atoms with Crippen molar-refractivity contribution in [1.29, 1.82) is 0 Å². The molecule has 0 aromatic heterocycles. The van der Waals surface area contributed by atoms with Crippen LogP contribution >= 0.6 is 23.2 Å². The second-order valence-corrected chi connectivity index (χ2v) is 4.63. The molecule has 0 aliphatic rings. The van der Waals surface area contributed by atoms with E-state index in [9.17, 15) is 4.79 Å². The standard InChI is InChI=1S/C14H11Cl2NO2.K.H/c1-9(18)19-13-8-3-2-7-12(13)17-14-10(15)5-4-6-11(14)16;;/h2-8,17H,1H3;;. The van der Waals surface area contributed by atoms with Crippen molar-refractivity contribution < 1.29 is 9.53 Å². The van der Waals surface area contributed by atoms with E-state index in [4.69, 9.17) is 27.9 Å². The minimum absolute atomic E-state index is 0. The van der Waals surface area contributed by atoms with Crippen LogP contribution in [0.25, 0.3) is 0 Å². The molecule has 2 aromatic rings. The quantitative estimate of drug-likeness (QED) is 0.523. The predicted molar refractivity (Wildman–Crippen MR) is 84.6 cm³/mol. The maximum atomic E-state index is 11.0. The molecule has 0 bridgehead atoms. The molecule has 0 fully saturated rings. The molecule has 20 heavy (non-hydrogen) atoms. The number of carbonyl (C=O) groups is 1. The summed E-state index contributed by atoms with van der Waals surface area (Å²) in [7, 11) is 0. The van der Waals surface area contributed by atoms with E-state index in [1.165, 1.54) is 6.92 Å². The Labute approximate surface area is 170 Å². The van der Waals surface area contributed by atoms with Gasteiger partial charge in [0.25, 0.3) is 0 Å². The van der Waals surface area contributed by atoms with Crippen LogP contribution in [0.5, 0.6) is 5.75 Å². The first kappa shape index (κ1) is 18.0. The second-order valence-electron chi connectivity index (χ2n) is 3.81. The van der Waals surface area contributed by atoms with E-state index in [2.05, 4.69) is 5.32 Å². The SMILES string of the molecule is CC(=O)Oc1ccccc1Nc1c(Cl)cccc1Cl.[KH]. The van der Waals surface area contributed by atoms with Crippen molar-refractivity contribution in [2.45, 2.75) is 6.92 Å². The second kappa shape index (κ2) is 8.39. The number of nitrogens with one attached hydrogen (secondary N) is 1. The fourth-order valence-corrected chi connectivity index (χ4v) is 2.06. The Hall–Kier alpha value is -0.0736. The van der Waals surface area contributed by atoms with Gasteiger partial charge in [0.2, 0.25) is 0 Å². The fourth-order valence-electron chi connectivity index (χ4n) is 1.57. The van der Waals surface area contributed by atoms with E-state index in [-0.39, 0.29) is 57.4 Å². The Morgan fingerprint density at radius 1 is 1.05 bits per heavy atom. The van der Waals surface area contributed by atoms with Crippen molar-refractivity contribution in [1.82, 2.24) is 0 Å². The van der Waals surface area contributed by atoms with Gasteiger partial charge in [0.1, 0.15) is 0 Å². The maximum absolute atomic E-state index is 11.0. The van der Waals surface area contributed by atoms with Crippen LogP contribution in [0.2, 0.25) is 10.0 Å². The van der Waals surface area contributed by atoms with E-state index >= 15 is 0 Å². The molecule has 2 aromatic carbocycles. The van der Waals surface area contributed by atoms with E-state index in [1.54, 1.807) is 36.4 Å². The summed E-state index contributed by atoms with van der Waals surface area (Å²) in [5.74, 6) is 0.0329. The van der Waals surface area contributed by atoms with Gasteiger partial charge in [-0.15, -0.1) is 0 Å². The van der Waals surface area contributed by atoms with Gasteiger partial charge in [-0.25, -0.2) is 0 Å². The summed E-state index contributed by atoms with van der Waals surface area (Å²) in [5.41, 5.74) is 1.19. The molecule has 3 nitrogen and oxygen atoms in total. The number of ether oxygens (including phenoxy) is 1. The number of benzene rings is 2. The number of halogens is 2. The Balaban J connectivity index is 0.00000200. The van der Waals surface area contributed by atoms with Gasteiger partial charge in [-0.05, 0) is 24.3 Å². The van der Waals surface area contributed by atoms with Crippen molar-refractivity contribution in [3.63, 3.8) is 0 Å². The van der Waals surface area contributed by atoms with Crippen LogP contribution in [-0.2, 0) is 4.79 Å². The summed E-state index contributed by atoms with van der Waals surface area (Å²) in [5, 5.41) is 4.06. The normalized spacial score (nSPS) is 9.55. The molecule has 0 unspecified atom stereocenters. The number of carbonyl (C=O) groups excluding carboxylic acids is 1. The van der Waals surface area contributed by atoms with Crippen LogP contribution in [0.3, 0.4) is 0 Å². The Bertz CT molecular complexity index is 600. The molecule has 0 heterocycles. The summed E-state index contributed by atoms with van der Waals surface area (Å²) in [6.07, 6.45) is 0. The first-order valence-corrected chi connectivity index (χ1v) is 6.32. The van der Waals surface area contributed by atoms with Crippen LogP contribution < -0.4 is 10.1 Å². The third-order valence-electron chi connectivity index (χ3n) is 2.36.